The fraction of sp³-hybridized carbons (Fsp3) is 0.357. The third kappa shape index (κ3) is 3.01. The van der Waals surface area contributed by atoms with Crippen molar-refractivity contribution < 1.29 is 4.79 Å². The Hall–Kier alpha value is -1.46. The van der Waals surface area contributed by atoms with Crippen LogP contribution in [0.5, 0.6) is 0 Å². The molecule has 0 radical (unpaired) electrons. The Morgan fingerprint density at radius 3 is 3.00 bits per heavy atom. The Morgan fingerprint density at radius 1 is 1.53 bits per heavy atom. The molecule has 2 rings (SSSR count). The van der Waals surface area contributed by atoms with Crippen molar-refractivity contribution in [2.24, 2.45) is 5.92 Å². The molecule has 2 nitrogen and oxygen atoms in total. The lowest BCUT2D eigenvalue weighted by Gasteiger charge is -2.15. The predicted molar refractivity (Wildman–Crippen MR) is 68.7 cm³/mol. The van der Waals surface area contributed by atoms with Gasteiger partial charge in [0.15, 0.2) is 0 Å². The Balaban J connectivity index is 1.91. The zero-order chi connectivity index (χ0) is 12.3. The zero-order valence-corrected chi connectivity index (χ0v) is 10.3. The van der Waals surface area contributed by atoms with Crippen LogP contribution in [0.2, 0.25) is 5.02 Å². The molecule has 1 aliphatic rings. The number of halogens is 1. The molecule has 1 aromatic carbocycles. The van der Waals surface area contributed by atoms with E-state index in [2.05, 4.69) is 5.92 Å². The van der Waals surface area contributed by atoms with Gasteiger partial charge in [-0.05, 0) is 24.1 Å². The molecule has 88 valence electrons. The number of rotatable bonds is 3. The van der Waals surface area contributed by atoms with Gasteiger partial charge < -0.3 is 4.90 Å². The third-order valence-electron chi connectivity index (χ3n) is 3.01. The molecule has 0 bridgehead atoms. The summed E-state index contributed by atoms with van der Waals surface area (Å²) in [5, 5.41) is 0.733. The normalized spacial score (nSPS) is 19.4. The number of nitrogens with zero attached hydrogens (tertiary/aromatic N) is 1. The molecule has 3 heteroatoms. The van der Waals surface area contributed by atoms with Crippen LogP contribution in [0.15, 0.2) is 24.3 Å². The number of carbonyl (C=O) groups excluding carboxylic acids is 1. The Morgan fingerprint density at radius 2 is 2.35 bits per heavy atom. The van der Waals surface area contributed by atoms with Crippen LogP contribution >= 0.6 is 11.6 Å². The molecule has 1 aromatic rings. The summed E-state index contributed by atoms with van der Waals surface area (Å²) in [5.74, 6) is 2.90. The predicted octanol–water partition coefficient (Wildman–Crippen LogP) is 2.36. The van der Waals surface area contributed by atoms with E-state index in [9.17, 15) is 4.79 Å². The molecule has 0 spiro atoms. The van der Waals surface area contributed by atoms with Crippen LogP contribution in [0.4, 0.5) is 0 Å². The van der Waals surface area contributed by atoms with Gasteiger partial charge in [0.1, 0.15) is 0 Å². The number of hydrogen-bond acceptors (Lipinski definition) is 1. The smallest absolute Gasteiger partial charge is 0.223 e. The summed E-state index contributed by atoms with van der Waals surface area (Å²) >= 11 is 5.91. The van der Waals surface area contributed by atoms with Crippen LogP contribution in [0.25, 0.3) is 0 Å². The van der Waals surface area contributed by atoms with Crippen molar-refractivity contribution in [3.63, 3.8) is 0 Å². The quantitative estimate of drug-likeness (QED) is 0.751. The van der Waals surface area contributed by atoms with E-state index >= 15 is 0 Å². The van der Waals surface area contributed by atoms with Gasteiger partial charge in [-0.1, -0.05) is 23.7 Å². The van der Waals surface area contributed by atoms with Crippen LogP contribution in [-0.4, -0.2) is 23.9 Å². The van der Waals surface area contributed by atoms with Crippen molar-refractivity contribution in [3.05, 3.63) is 34.9 Å². The molecule has 1 saturated heterocycles. The molecular formula is C14H14ClNO. The standard InChI is InChI=1S/C14H14ClNO/c1-2-11-9-14(17)16(10-11)7-6-12-4-3-5-13(15)8-12/h1,3-5,8,11H,6-7,9-10H2. The second-order valence-corrected chi connectivity index (χ2v) is 4.72. The first kappa shape index (κ1) is 12.0. The van der Waals surface area contributed by atoms with E-state index in [1.54, 1.807) is 0 Å². The first-order valence-electron chi connectivity index (χ1n) is 5.67. The fourth-order valence-electron chi connectivity index (χ4n) is 2.06. The maximum absolute atomic E-state index is 11.6. The van der Waals surface area contributed by atoms with E-state index in [0.717, 1.165) is 23.6 Å². The first-order chi connectivity index (χ1) is 8.19. The number of hydrogen-bond donors (Lipinski definition) is 0. The molecule has 0 aliphatic carbocycles. The summed E-state index contributed by atoms with van der Waals surface area (Å²) in [7, 11) is 0. The van der Waals surface area contributed by atoms with Crippen molar-refractivity contribution >= 4 is 17.5 Å². The van der Waals surface area contributed by atoms with Gasteiger partial charge in [-0.3, -0.25) is 4.79 Å². The van der Waals surface area contributed by atoms with Gasteiger partial charge in [-0.2, -0.15) is 0 Å². The second-order valence-electron chi connectivity index (χ2n) is 4.29. The van der Waals surface area contributed by atoms with Crippen molar-refractivity contribution in [2.75, 3.05) is 13.1 Å². The van der Waals surface area contributed by atoms with E-state index in [1.807, 2.05) is 29.2 Å². The lowest BCUT2D eigenvalue weighted by atomic mass is 10.1. The summed E-state index contributed by atoms with van der Waals surface area (Å²) in [6, 6.07) is 7.72. The molecule has 1 heterocycles. The van der Waals surface area contributed by atoms with Crippen LogP contribution in [-0.2, 0) is 11.2 Å². The van der Waals surface area contributed by atoms with E-state index in [-0.39, 0.29) is 11.8 Å². The second kappa shape index (κ2) is 5.25. The average Bonchev–Trinajstić information content (AvgIpc) is 2.68. The topological polar surface area (TPSA) is 20.3 Å². The van der Waals surface area contributed by atoms with E-state index in [1.165, 1.54) is 0 Å². The van der Waals surface area contributed by atoms with Gasteiger partial charge in [0.25, 0.3) is 0 Å². The molecule has 0 saturated carbocycles. The zero-order valence-electron chi connectivity index (χ0n) is 9.53. The number of amides is 1. The van der Waals surface area contributed by atoms with Gasteiger partial charge in [-0.25, -0.2) is 0 Å². The van der Waals surface area contributed by atoms with Gasteiger partial charge in [0.05, 0.1) is 0 Å². The maximum atomic E-state index is 11.6. The molecule has 17 heavy (non-hydrogen) atoms. The van der Waals surface area contributed by atoms with Crippen molar-refractivity contribution in [1.82, 2.24) is 4.90 Å². The number of benzene rings is 1. The SMILES string of the molecule is C#CC1CC(=O)N(CCc2cccc(Cl)c2)C1. The Kier molecular flexibility index (Phi) is 3.71. The van der Waals surface area contributed by atoms with Crippen LogP contribution < -0.4 is 0 Å². The molecule has 1 fully saturated rings. The highest BCUT2D eigenvalue weighted by Crippen LogP contribution is 2.18. The van der Waals surface area contributed by atoms with Crippen LogP contribution in [0, 0.1) is 18.3 Å². The number of carbonyl (C=O) groups is 1. The van der Waals surface area contributed by atoms with Gasteiger partial charge in [0, 0.05) is 30.5 Å². The largest absolute Gasteiger partial charge is 0.341 e. The minimum absolute atomic E-state index is 0.0851. The highest BCUT2D eigenvalue weighted by Gasteiger charge is 2.27. The average molecular weight is 248 g/mol. The van der Waals surface area contributed by atoms with E-state index in [0.29, 0.717) is 13.0 Å². The Labute approximate surface area is 107 Å². The Bertz CT molecular complexity index is 464. The minimum Gasteiger partial charge on any atom is -0.341 e. The first-order valence-corrected chi connectivity index (χ1v) is 6.05. The maximum Gasteiger partial charge on any atom is 0.223 e. The van der Waals surface area contributed by atoms with Gasteiger partial charge in [0.2, 0.25) is 5.91 Å². The molecule has 0 aromatic heterocycles. The molecule has 1 aliphatic heterocycles. The lowest BCUT2D eigenvalue weighted by molar-refractivity contribution is -0.127. The minimum atomic E-state index is 0.0851. The van der Waals surface area contributed by atoms with Crippen LogP contribution in [0.1, 0.15) is 12.0 Å². The number of terminal acetylenes is 1. The van der Waals surface area contributed by atoms with E-state index < -0.39 is 0 Å². The molecule has 1 atom stereocenters. The molecule has 0 N–H and O–H groups in total. The summed E-state index contributed by atoms with van der Waals surface area (Å²) in [6.45, 7) is 1.41. The number of likely N-dealkylation sites (tertiary alicyclic amines) is 1. The summed E-state index contributed by atoms with van der Waals surface area (Å²) in [6.07, 6.45) is 6.65. The summed E-state index contributed by atoms with van der Waals surface area (Å²) in [4.78, 5) is 13.5. The third-order valence-corrected chi connectivity index (χ3v) is 3.24. The molecule has 1 unspecified atom stereocenters. The highest BCUT2D eigenvalue weighted by molar-refractivity contribution is 6.30. The summed E-state index contributed by atoms with van der Waals surface area (Å²) in [5.41, 5.74) is 1.15. The fourth-order valence-corrected chi connectivity index (χ4v) is 2.27. The van der Waals surface area contributed by atoms with Crippen LogP contribution in [0.3, 0.4) is 0 Å². The van der Waals surface area contributed by atoms with E-state index in [4.69, 9.17) is 18.0 Å². The monoisotopic (exact) mass is 247 g/mol. The van der Waals surface area contributed by atoms with Crippen molar-refractivity contribution in [2.45, 2.75) is 12.8 Å². The molecule has 1 amide bonds. The van der Waals surface area contributed by atoms with Crippen molar-refractivity contribution in [3.8, 4) is 12.3 Å². The highest BCUT2D eigenvalue weighted by atomic mass is 35.5. The van der Waals surface area contributed by atoms with Gasteiger partial charge >= 0.3 is 0 Å². The van der Waals surface area contributed by atoms with Gasteiger partial charge in [-0.15, -0.1) is 12.3 Å². The lowest BCUT2D eigenvalue weighted by Crippen LogP contribution is -2.27. The van der Waals surface area contributed by atoms with Crippen molar-refractivity contribution in [1.29, 1.82) is 0 Å². The summed E-state index contributed by atoms with van der Waals surface area (Å²) < 4.78 is 0. The molecular weight excluding hydrogens is 234 g/mol.